The van der Waals surface area contributed by atoms with Crippen molar-refractivity contribution >= 4 is 46.6 Å². The summed E-state index contributed by atoms with van der Waals surface area (Å²) in [6.07, 6.45) is 4.09. The summed E-state index contributed by atoms with van der Waals surface area (Å²) in [5, 5.41) is 10.1. The number of amides is 3. The van der Waals surface area contributed by atoms with Gasteiger partial charge in [-0.05, 0) is 42.2 Å². The highest BCUT2D eigenvalue weighted by Gasteiger charge is 2.72. The van der Waals surface area contributed by atoms with Crippen LogP contribution in [0.15, 0.2) is 36.4 Å². The van der Waals surface area contributed by atoms with Gasteiger partial charge >= 0.3 is 0 Å². The topological polar surface area (TPSA) is 90.5 Å². The number of anilines is 1. The highest BCUT2D eigenvalue weighted by atomic mass is 35.5. The van der Waals surface area contributed by atoms with Crippen molar-refractivity contribution in [3.63, 3.8) is 0 Å². The van der Waals surface area contributed by atoms with E-state index in [2.05, 4.69) is 16.0 Å². The number of carbonyl (C=O) groups excluding carboxylic acids is 3. The van der Waals surface area contributed by atoms with Crippen molar-refractivity contribution in [1.82, 2.24) is 15.5 Å². The molecule has 200 valence electrons. The summed E-state index contributed by atoms with van der Waals surface area (Å²) in [4.78, 5) is 41.5. The Morgan fingerprint density at radius 3 is 2.55 bits per heavy atom. The number of nitrogens with zero attached hydrogens (tertiary/aromatic N) is 1. The van der Waals surface area contributed by atoms with E-state index in [1.54, 1.807) is 29.2 Å². The van der Waals surface area contributed by atoms with Gasteiger partial charge in [0.25, 0.3) is 0 Å². The summed E-state index contributed by atoms with van der Waals surface area (Å²) in [5.74, 6) is -2.14. The van der Waals surface area contributed by atoms with Gasteiger partial charge in [0.1, 0.15) is 11.2 Å². The predicted octanol–water partition coefficient (Wildman–Crippen LogP) is 4.13. The van der Waals surface area contributed by atoms with Crippen LogP contribution in [0.1, 0.15) is 56.1 Å². The van der Waals surface area contributed by atoms with Crippen molar-refractivity contribution in [3.05, 3.63) is 63.4 Å². The van der Waals surface area contributed by atoms with E-state index in [9.17, 15) is 14.4 Å². The van der Waals surface area contributed by atoms with Gasteiger partial charge in [0.05, 0.1) is 17.1 Å². The van der Waals surface area contributed by atoms with Gasteiger partial charge in [-0.2, -0.15) is 0 Å². The molecule has 3 N–H and O–H groups in total. The number of halogens is 3. The lowest BCUT2D eigenvalue weighted by molar-refractivity contribution is -0.136. The van der Waals surface area contributed by atoms with Crippen molar-refractivity contribution in [3.8, 4) is 0 Å². The lowest BCUT2D eigenvalue weighted by atomic mass is 9.55. The largest absolute Gasteiger partial charge is 0.348 e. The maximum atomic E-state index is 15.8. The van der Waals surface area contributed by atoms with Crippen molar-refractivity contribution < 1.29 is 18.8 Å². The third-order valence-corrected chi connectivity index (χ3v) is 9.51. The van der Waals surface area contributed by atoms with Crippen LogP contribution in [-0.2, 0) is 19.8 Å². The first-order chi connectivity index (χ1) is 18.2. The molecule has 2 aromatic carbocycles. The first-order valence-electron chi connectivity index (χ1n) is 13.1. The zero-order chi connectivity index (χ0) is 26.8. The van der Waals surface area contributed by atoms with E-state index in [4.69, 9.17) is 23.2 Å². The SMILES string of the molecule is CC(=O)N1CC(NC(=O)[C@@H]2NC3(CCCCC3)[C@@]3(C(=O)Nc4cc(Cl)ccc43)[C@H]2c2cccc(Cl)c2F)C1. The number of rotatable bonds is 3. The van der Waals surface area contributed by atoms with Crippen LogP contribution in [0.5, 0.6) is 0 Å². The second-order valence-corrected chi connectivity index (χ2v) is 11.8. The molecule has 3 fully saturated rings. The van der Waals surface area contributed by atoms with Crippen LogP contribution in [0, 0.1) is 5.82 Å². The average Bonchev–Trinajstić information content (AvgIpc) is 3.30. The minimum absolute atomic E-state index is 0.0497. The van der Waals surface area contributed by atoms with Crippen LogP contribution in [-0.4, -0.2) is 53.3 Å². The molecule has 10 heteroatoms. The third kappa shape index (κ3) is 3.60. The van der Waals surface area contributed by atoms with Crippen LogP contribution < -0.4 is 16.0 Å². The third-order valence-electron chi connectivity index (χ3n) is 8.98. The Kier molecular flexibility index (Phi) is 6.20. The van der Waals surface area contributed by atoms with Gasteiger partial charge in [0.2, 0.25) is 17.7 Å². The fraction of sp³-hybridized carbons (Fsp3) is 0.464. The number of carbonyl (C=O) groups is 3. The van der Waals surface area contributed by atoms with Gasteiger partial charge in [0.15, 0.2) is 0 Å². The monoisotopic (exact) mass is 558 g/mol. The molecule has 0 aromatic heterocycles. The van der Waals surface area contributed by atoms with Crippen LogP contribution in [0.3, 0.4) is 0 Å². The number of nitrogens with one attached hydrogen (secondary N) is 3. The summed E-state index contributed by atoms with van der Waals surface area (Å²) in [7, 11) is 0. The molecule has 0 unspecified atom stereocenters. The predicted molar refractivity (Wildman–Crippen MR) is 143 cm³/mol. The minimum atomic E-state index is -1.26. The van der Waals surface area contributed by atoms with E-state index >= 15 is 4.39 Å². The zero-order valence-corrected chi connectivity index (χ0v) is 22.5. The highest BCUT2D eigenvalue weighted by molar-refractivity contribution is 6.31. The lowest BCUT2D eigenvalue weighted by Gasteiger charge is -2.47. The smallest absolute Gasteiger partial charge is 0.238 e. The number of fused-ring (bicyclic) bond motifs is 3. The number of likely N-dealkylation sites (tertiary alicyclic amines) is 1. The molecule has 7 nitrogen and oxygen atoms in total. The molecule has 1 saturated carbocycles. The summed E-state index contributed by atoms with van der Waals surface area (Å²) >= 11 is 12.6. The molecule has 3 aliphatic heterocycles. The summed E-state index contributed by atoms with van der Waals surface area (Å²) in [6, 6.07) is 8.92. The molecule has 3 atom stereocenters. The van der Waals surface area contributed by atoms with Crippen LogP contribution in [0.2, 0.25) is 10.0 Å². The van der Waals surface area contributed by atoms with Crippen LogP contribution in [0.25, 0.3) is 0 Å². The van der Waals surface area contributed by atoms with Gasteiger partial charge in [-0.15, -0.1) is 0 Å². The van der Waals surface area contributed by atoms with Crippen molar-refractivity contribution in [1.29, 1.82) is 0 Å². The molecule has 6 rings (SSSR count). The molecule has 38 heavy (non-hydrogen) atoms. The number of hydrogen-bond acceptors (Lipinski definition) is 4. The van der Waals surface area contributed by atoms with Gasteiger partial charge < -0.3 is 15.5 Å². The molecule has 4 aliphatic rings. The van der Waals surface area contributed by atoms with E-state index in [1.165, 1.54) is 13.0 Å². The molecular formula is C28H29Cl2FN4O3. The summed E-state index contributed by atoms with van der Waals surface area (Å²) in [5.41, 5.74) is -0.511. The molecule has 0 radical (unpaired) electrons. The van der Waals surface area contributed by atoms with Gasteiger partial charge in [-0.1, -0.05) is 60.7 Å². The Bertz CT molecular complexity index is 1340. The van der Waals surface area contributed by atoms with E-state index in [0.29, 0.717) is 42.2 Å². The molecule has 3 amide bonds. The maximum Gasteiger partial charge on any atom is 0.238 e. The lowest BCUT2D eigenvalue weighted by Crippen LogP contribution is -2.63. The Balaban J connectivity index is 1.52. The standard InChI is InChI=1S/C28H29Cl2FN4O3/c1-15(36)35-13-17(14-35)32-25(37)24-22(18-6-5-7-20(30)23(18)31)28(27(34-24)10-3-2-4-11-27)19-9-8-16(29)12-21(19)33-26(28)38/h5-9,12,17,22,24,34H,2-4,10-11,13-14H2,1H3,(H,32,37)(H,33,38)/t22-,24+,28+/m0/s1. The first kappa shape index (κ1) is 25.6. The van der Waals surface area contributed by atoms with Gasteiger partial charge in [-0.3, -0.25) is 19.7 Å². The Morgan fingerprint density at radius 2 is 1.84 bits per heavy atom. The molecule has 2 aromatic rings. The summed E-state index contributed by atoms with van der Waals surface area (Å²) < 4.78 is 15.8. The first-order valence-corrected chi connectivity index (χ1v) is 13.8. The molecule has 0 bridgehead atoms. The van der Waals surface area contributed by atoms with Crippen molar-refractivity contribution in [2.75, 3.05) is 18.4 Å². The normalized spacial score (nSPS) is 27.8. The van der Waals surface area contributed by atoms with Crippen molar-refractivity contribution in [2.45, 2.75) is 68.0 Å². The Hall–Kier alpha value is -2.68. The summed E-state index contributed by atoms with van der Waals surface area (Å²) in [6.45, 7) is 2.33. The highest BCUT2D eigenvalue weighted by Crippen LogP contribution is 2.62. The number of benzene rings is 2. The fourth-order valence-electron chi connectivity index (χ4n) is 7.34. The van der Waals surface area contributed by atoms with Gasteiger partial charge in [0, 0.05) is 42.2 Å². The molecular weight excluding hydrogens is 530 g/mol. The second kappa shape index (κ2) is 9.21. The zero-order valence-electron chi connectivity index (χ0n) is 21.0. The fourth-order valence-corrected chi connectivity index (χ4v) is 7.69. The minimum Gasteiger partial charge on any atom is -0.348 e. The average molecular weight is 559 g/mol. The maximum absolute atomic E-state index is 15.8. The molecule has 2 spiro atoms. The number of hydrogen-bond donors (Lipinski definition) is 3. The van der Waals surface area contributed by atoms with E-state index in [1.807, 2.05) is 6.07 Å². The van der Waals surface area contributed by atoms with E-state index in [-0.39, 0.29) is 34.3 Å². The Morgan fingerprint density at radius 1 is 1.11 bits per heavy atom. The molecule has 1 aliphatic carbocycles. The second-order valence-electron chi connectivity index (χ2n) is 11.0. The molecule has 2 saturated heterocycles. The van der Waals surface area contributed by atoms with Crippen LogP contribution >= 0.6 is 23.2 Å². The molecule has 3 heterocycles. The quantitative estimate of drug-likeness (QED) is 0.528. The van der Waals surface area contributed by atoms with E-state index in [0.717, 1.165) is 19.3 Å². The van der Waals surface area contributed by atoms with Crippen LogP contribution in [0.4, 0.5) is 10.1 Å². The van der Waals surface area contributed by atoms with E-state index < -0.39 is 28.7 Å². The van der Waals surface area contributed by atoms with Gasteiger partial charge in [-0.25, -0.2) is 4.39 Å². The van der Waals surface area contributed by atoms with Crippen molar-refractivity contribution in [2.24, 2.45) is 0 Å². The Labute approximate surface area is 230 Å².